The molecule has 0 radical (unpaired) electrons. The maximum absolute atomic E-state index is 12.6. The van der Waals surface area contributed by atoms with Crippen molar-refractivity contribution in [1.82, 2.24) is 0 Å². The summed E-state index contributed by atoms with van der Waals surface area (Å²) in [5, 5.41) is 39.8. The molecule has 48 heavy (non-hydrogen) atoms. The minimum atomic E-state index is -1.59. The van der Waals surface area contributed by atoms with Gasteiger partial charge in [-0.15, -0.1) is 0 Å². The highest BCUT2D eigenvalue weighted by Crippen LogP contribution is 2.22. The average Bonchev–Trinajstić information content (AvgIpc) is 3.08. The first-order valence-corrected chi connectivity index (χ1v) is 19.3. The van der Waals surface area contributed by atoms with Gasteiger partial charge in [-0.05, 0) is 38.5 Å². The number of aliphatic hydroxyl groups excluding tert-OH is 4. The summed E-state index contributed by atoms with van der Waals surface area (Å²) in [4.78, 5) is 25.1. The first-order valence-electron chi connectivity index (χ1n) is 19.3. The highest BCUT2D eigenvalue weighted by molar-refractivity contribution is 5.70. The van der Waals surface area contributed by atoms with Gasteiger partial charge in [0.05, 0.1) is 13.2 Å². The molecule has 10 heteroatoms. The van der Waals surface area contributed by atoms with Gasteiger partial charge in [-0.3, -0.25) is 9.59 Å². The van der Waals surface area contributed by atoms with E-state index < -0.39 is 49.4 Å². The third kappa shape index (κ3) is 22.2. The molecule has 10 nitrogen and oxygen atoms in total. The average molecular weight is 687 g/mol. The molecule has 4 N–H and O–H groups in total. The van der Waals surface area contributed by atoms with Crippen LogP contribution in [0, 0.1) is 0 Å². The van der Waals surface area contributed by atoms with Gasteiger partial charge >= 0.3 is 11.9 Å². The molecule has 0 saturated carbocycles. The van der Waals surface area contributed by atoms with E-state index in [9.17, 15) is 30.0 Å². The van der Waals surface area contributed by atoms with E-state index in [1.54, 1.807) is 0 Å². The number of aliphatic hydroxyl groups is 4. The Morgan fingerprint density at radius 3 is 1.65 bits per heavy atom. The summed E-state index contributed by atoms with van der Waals surface area (Å²) in [6.07, 6.45) is 20.9. The second-order valence-electron chi connectivity index (χ2n) is 13.4. The maximum Gasteiger partial charge on any atom is 0.306 e. The van der Waals surface area contributed by atoms with Gasteiger partial charge in [-0.25, -0.2) is 0 Å². The van der Waals surface area contributed by atoms with E-state index in [0.29, 0.717) is 6.42 Å². The zero-order chi connectivity index (χ0) is 35.2. The van der Waals surface area contributed by atoms with Crippen LogP contribution in [0.4, 0.5) is 0 Å². The zero-order valence-electron chi connectivity index (χ0n) is 30.2. The Bertz CT molecular complexity index is 804. The molecule has 282 valence electrons. The van der Waals surface area contributed by atoms with Gasteiger partial charge < -0.3 is 39.4 Å². The summed E-state index contributed by atoms with van der Waals surface area (Å²) in [7, 11) is 0. The smallest absolute Gasteiger partial charge is 0.306 e. The molecular formula is C38H70O10. The van der Waals surface area contributed by atoms with Crippen molar-refractivity contribution in [2.75, 3.05) is 19.8 Å². The van der Waals surface area contributed by atoms with Gasteiger partial charge in [0.2, 0.25) is 0 Å². The van der Waals surface area contributed by atoms with E-state index >= 15 is 0 Å². The van der Waals surface area contributed by atoms with Crippen LogP contribution < -0.4 is 0 Å². The first-order chi connectivity index (χ1) is 23.3. The number of rotatable bonds is 31. The molecule has 0 amide bonds. The topological polar surface area (TPSA) is 152 Å². The van der Waals surface area contributed by atoms with E-state index in [1.165, 1.54) is 77.0 Å². The highest BCUT2D eigenvalue weighted by atomic mass is 16.7. The van der Waals surface area contributed by atoms with E-state index in [4.69, 9.17) is 18.9 Å². The lowest BCUT2D eigenvalue weighted by atomic mass is 9.99. The summed E-state index contributed by atoms with van der Waals surface area (Å²) in [6, 6.07) is 0. The standard InChI is InChI=1S/C38H70O10/c1-3-5-7-9-11-13-14-15-16-17-18-19-21-22-24-26-33(40)45-29-31(47-34(41)27-25-23-20-12-10-8-6-4-2)30-46-38-37(44)36(43)35(42)32(28-39)48-38/h13-14,31-32,35-39,42-44H,3-12,15-30H2,1-2H3/b14-13+/t31-,32-,35+,36?,37?,38-/m0/s1. The molecule has 1 aliphatic heterocycles. The van der Waals surface area contributed by atoms with E-state index in [-0.39, 0.29) is 32.0 Å². The van der Waals surface area contributed by atoms with Crippen LogP contribution in [-0.4, -0.2) is 89.0 Å². The molecular weight excluding hydrogens is 616 g/mol. The Morgan fingerprint density at radius 2 is 1.10 bits per heavy atom. The molecule has 6 atom stereocenters. The van der Waals surface area contributed by atoms with Crippen molar-refractivity contribution in [2.24, 2.45) is 0 Å². The van der Waals surface area contributed by atoms with Crippen molar-refractivity contribution in [3.8, 4) is 0 Å². The molecule has 0 aromatic rings. The number of carbonyl (C=O) groups excluding carboxylic acids is 2. The second-order valence-corrected chi connectivity index (χ2v) is 13.4. The Balaban J connectivity index is 2.36. The lowest BCUT2D eigenvalue weighted by molar-refractivity contribution is -0.305. The Morgan fingerprint density at radius 1 is 0.625 bits per heavy atom. The second kappa shape index (κ2) is 30.3. The van der Waals surface area contributed by atoms with Crippen LogP contribution in [0.25, 0.3) is 0 Å². The van der Waals surface area contributed by atoms with Crippen molar-refractivity contribution in [3.63, 3.8) is 0 Å². The van der Waals surface area contributed by atoms with Crippen LogP contribution in [0.1, 0.15) is 162 Å². The molecule has 1 heterocycles. The fraction of sp³-hybridized carbons (Fsp3) is 0.895. The normalized spacial score (nSPS) is 21.8. The first kappa shape index (κ1) is 44.5. The lowest BCUT2D eigenvalue weighted by Gasteiger charge is -2.39. The van der Waals surface area contributed by atoms with Crippen LogP contribution in [0.3, 0.4) is 0 Å². The SMILES string of the molecule is CCCCCC/C=C/CCCCCCCCCC(=O)OC[C@@H](CO[C@H]1O[C@@H](CO)[C@@H](O)C(O)C1O)OC(=O)CCCCCCCCCC. The zero-order valence-corrected chi connectivity index (χ0v) is 30.2. The van der Waals surface area contributed by atoms with Crippen molar-refractivity contribution in [2.45, 2.75) is 198 Å². The minimum absolute atomic E-state index is 0.216. The van der Waals surface area contributed by atoms with Crippen LogP contribution in [0.15, 0.2) is 12.2 Å². The van der Waals surface area contributed by atoms with E-state index in [0.717, 1.165) is 51.4 Å². The van der Waals surface area contributed by atoms with Crippen LogP contribution in [-0.2, 0) is 28.5 Å². The van der Waals surface area contributed by atoms with Crippen molar-refractivity contribution in [3.05, 3.63) is 12.2 Å². The third-order valence-electron chi connectivity index (χ3n) is 8.90. The van der Waals surface area contributed by atoms with Crippen molar-refractivity contribution < 1.29 is 49.0 Å². The molecule has 0 bridgehead atoms. The molecule has 0 spiro atoms. The Kier molecular flexibility index (Phi) is 28.0. The van der Waals surface area contributed by atoms with Crippen LogP contribution >= 0.6 is 0 Å². The number of allylic oxidation sites excluding steroid dienone is 2. The monoisotopic (exact) mass is 686 g/mol. The number of esters is 2. The quantitative estimate of drug-likeness (QED) is 0.0347. The number of hydrogen-bond donors (Lipinski definition) is 4. The largest absolute Gasteiger partial charge is 0.462 e. The van der Waals surface area contributed by atoms with Crippen molar-refractivity contribution in [1.29, 1.82) is 0 Å². The predicted octanol–water partition coefficient (Wildman–Crippen LogP) is 6.83. The summed E-state index contributed by atoms with van der Waals surface area (Å²) < 4.78 is 22.0. The molecule has 1 aliphatic rings. The van der Waals surface area contributed by atoms with E-state index in [2.05, 4.69) is 26.0 Å². The summed E-state index contributed by atoms with van der Waals surface area (Å²) >= 11 is 0. The van der Waals surface area contributed by atoms with Gasteiger partial charge in [-0.1, -0.05) is 122 Å². The maximum atomic E-state index is 12.6. The Hall–Kier alpha value is -1.56. The molecule has 0 aromatic heterocycles. The number of carbonyl (C=O) groups is 2. The molecule has 1 saturated heterocycles. The van der Waals surface area contributed by atoms with Gasteiger partial charge in [0.25, 0.3) is 0 Å². The highest BCUT2D eigenvalue weighted by Gasteiger charge is 2.44. The number of unbranched alkanes of at least 4 members (excludes halogenated alkanes) is 18. The molecule has 1 rings (SSSR count). The molecule has 0 aliphatic carbocycles. The lowest BCUT2D eigenvalue weighted by Crippen LogP contribution is -2.59. The summed E-state index contributed by atoms with van der Waals surface area (Å²) in [5.74, 6) is -0.814. The molecule has 0 aromatic carbocycles. The van der Waals surface area contributed by atoms with Gasteiger partial charge in [-0.2, -0.15) is 0 Å². The number of ether oxygens (including phenoxy) is 4. The summed E-state index contributed by atoms with van der Waals surface area (Å²) in [6.45, 7) is 3.35. The molecule has 2 unspecified atom stereocenters. The fourth-order valence-corrected chi connectivity index (χ4v) is 5.77. The Labute approximate surface area is 291 Å². The predicted molar refractivity (Wildman–Crippen MR) is 187 cm³/mol. The molecule has 1 fully saturated rings. The van der Waals surface area contributed by atoms with Gasteiger partial charge in [0.15, 0.2) is 12.4 Å². The van der Waals surface area contributed by atoms with Gasteiger partial charge in [0, 0.05) is 12.8 Å². The van der Waals surface area contributed by atoms with E-state index in [1.807, 2.05) is 0 Å². The summed E-state index contributed by atoms with van der Waals surface area (Å²) in [5.41, 5.74) is 0. The van der Waals surface area contributed by atoms with Crippen LogP contribution in [0.5, 0.6) is 0 Å². The van der Waals surface area contributed by atoms with Gasteiger partial charge in [0.1, 0.15) is 31.0 Å². The number of hydrogen-bond acceptors (Lipinski definition) is 10. The third-order valence-corrected chi connectivity index (χ3v) is 8.90. The van der Waals surface area contributed by atoms with Crippen LogP contribution in [0.2, 0.25) is 0 Å². The minimum Gasteiger partial charge on any atom is -0.462 e. The van der Waals surface area contributed by atoms with Crippen molar-refractivity contribution >= 4 is 11.9 Å². The fourth-order valence-electron chi connectivity index (χ4n) is 5.77.